The minimum absolute atomic E-state index is 0.0683. The number of esters is 3. The molecule has 1 atom stereocenters. The summed E-state index contributed by atoms with van der Waals surface area (Å²) in [5, 5.41) is 0. The number of carbonyl (C=O) groups excluding carboxylic acids is 3. The van der Waals surface area contributed by atoms with Gasteiger partial charge in [-0.2, -0.15) is 0 Å². The Hall–Kier alpha value is -2.37. The van der Waals surface area contributed by atoms with E-state index in [1.807, 2.05) is 0 Å². The lowest BCUT2D eigenvalue weighted by molar-refractivity contribution is -0.167. The highest BCUT2D eigenvalue weighted by atomic mass is 16.6. The molecule has 0 aliphatic rings. The fourth-order valence-corrected chi connectivity index (χ4v) is 11.1. The van der Waals surface area contributed by atoms with Gasteiger partial charge in [-0.25, -0.2) is 0 Å². The van der Waals surface area contributed by atoms with Crippen molar-refractivity contribution in [3.05, 3.63) is 36.5 Å². The Morgan fingerprint density at radius 1 is 0.247 bits per heavy atom. The maximum absolute atomic E-state index is 12.9. The molecule has 0 heterocycles. The van der Waals surface area contributed by atoms with Crippen LogP contribution in [0.5, 0.6) is 0 Å². The molecule has 0 amide bonds. The third kappa shape index (κ3) is 68.3. The Morgan fingerprint density at radius 3 is 0.691 bits per heavy atom. The molecule has 0 fully saturated rings. The van der Waals surface area contributed by atoms with Gasteiger partial charge in [-0.1, -0.05) is 346 Å². The van der Waals surface area contributed by atoms with Crippen molar-refractivity contribution in [1.82, 2.24) is 0 Å². The summed E-state index contributed by atoms with van der Waals surface area (Å²) in [7, 11) is 0. The molecule has 6 nitrogen and oxygen atoms in total. The van der Waals surface area contributed by atoms with Gasteiger partial charge in [0.05, 0.1) is 0 Å². The Balaban J connectivity index is 4.04. The summed E-state index contributed by atoms with van der Waals surface area (Å²) >= 11 is 0. The molecule has 0 rings (SSSR count). The minimum Gasteiger partial charge on any atom is -0.462 e. The van der Waals surface area contributed by atoms with Gasteiger partial charge < -0.3 is 14.2 Å². The molecule has 81 heavy (non-hydrogen) atoms. The smallest absolute Gasteiger partial charge is 0.306 e. The monoisotopic (exact) mass is 1140 g/mol. The molecule has 0 aliphatic heterocycles. The maximum atomic E-state index is 12.9. The van der Waals surface area contributed by atoms with Crippen molar-refractivity contribution in [2.75, 3.05) is 13.2 Å². The van der Waals surface area contributed by atoms with E-state index in [1.165, 1.54) is 302 Å². The molecule has 0 aromatic rings. The fraction of sp³-hybridized carbons (Fsp3) is 0.880. The molecule has 0 N–H and O–H groups in total. The summed E-state index contributed by atoms with van der Waals surface area (Å²) in [6.45, 7) is 6.67. The van der Waals surface area contributed by atoms with Crippen molar-refractivity contribution < 1.29 is 28.6 Å². The predicted octanol–water partition coefficient (Wildman–Crippen LogP) is 25.1. The van der Waals surface area contributed by atoms with E-state index < -0.39 is 6.10 Å². The number of allylic oxidation sites excluding steroid dienone is 6. The first kappa shape index (κ1) is 78.6. The van der Waals surface area contributed by atoms with Gasteiger partial charge in [-0.05, 0) is 77.0 Å². The molecule has 6 heteroatoms. The second-order valence-corrected chi connectivity index (χ2v) is 24.9. The molecule has 1 unspecified atom stereocenters. The topological polar surface area (TPSA) is 78.9 Å². The molecular formula is C75H140O6. The number of carbonyl (C=O) groups is 3. The van der Waals surface area contributed by atoms with Gasteiger partial charge in [0.1, 0.15) is 13.2 Å². The molecule has 0 radical (unpaired) electrons. The first-order chi connectivity index (χ1) is 40.0. The number of ether oxygens (including phenoxy) is 3. The van der Waals surface area contributed by atoms with Gasteiger partial charge in [-0.3, -0.25) is 14.4 Å². The summed E-state index contributed by atoms with van der Waals surface area (Å²) in [5.74, 6) is -0.848. The largest absolute Gasteiger partial charge is 0.462 e. The van der Waals surface area contributed by atoms with Crippen LogP contribution in [0.25, 0.3) is 0 Å². The molecular weight excluding hydrogens is 997 g/mol. The second kappa shape index (κ2) is 70.1. The molecule has 0 saturated carbocycles. The quantitative estimate of drug-likeness (QED) is 0.0261. The van der Waals surface area contributed by atoms with E-state index in [1.54, 1.807) is 0 Å². The third-order valence-corrected chi connectivity index (χ3v) is 16.6. The highest BCUT2D eigenvalue weighted by molar-refractivity contribution is 5.71. The van der Waals surface area contributed by atoms with Gasteiger partial charge in [0.15, 0.2) is 6.10 Å². The van der Waals surface area contributed by atoms with Crippen molar-refractivity contribution in [3.63, 3.8) is 0 Å². The zero-order valence-electron chi connectivity index (χ0n) is 54.8. The van der Waals surface area contributed by atoms with Gasteiger partial charge in [0.2, 0.25) is 0 Å². The number of rotatable bonds is 68. The van der Waals surface area contributed by atoms with E-state index in [0.717, 1.165) is 64.2 Å². The molecule has 0 aromatic carbocycles. The van der Waals surface area contributed by atoms with Crippen LogP contribution in [0, 0.1) is 0 Å². The molecule has 0 aliphatic carbocycles. The maximum Gasteiger partial charge on any atom is 0.306 e. The molecule has 0 bridgehead atoms. The molecule has 476 valence electrons. The van der Waals surface area contributed by atoms with E-state index in [9.17, 15) is 14.4 Å². The summed E-state index contributed by atoms with van der Waals surface area (Å²) < 4.78 is 16.9. The summed E-state index contributed by atoms with van der Waals surface area (Å²) in [6, 6.07) is 0. The van der Waals surface area contributed by atoms with Gasteiger partial charge in [0.25, 0.3) is 0 Å². The normalized spacial score (nSPS) is 12.2. The second-order valence-electron chi connectivity index (χ2n) is 24.9. The van der Waals surface area contributed by atoms with E-state index in [-0.39, 0.29) is 31.1 Å². The van der Waals surface area contributed by atoms with Crippen molar-refractivity contribution in [3.8, 4) is 0 Å². The van der Waals surface area contributed by atoms with Crippen LogP contribution in [0.4, 0.5) is 0 Å². The van der Waals surface area contributed by atoms with Gasteiger partial charge >= 0.3 is 17.9 Å². The zero-order valence-corrected chi connectivity index (χ0v) is 54.8. The number of unbranched alkanes of at least 4 members (excludes halogenated alkanes) is 51. The highest BCUT2D eigenvalue weighted by Gasteiger charge is 2.19. The van der Waals surface area contributed by atoms with Crippen molar-refractivity contribution in [1.29, 1.82) is 0 Å². The third-order valence-electron chi connectivity index (χ3n) is 16.6. The van der Waals surface area contributed by atoms with Gasteiger partial charge in [-0.15, -0.1) is 0 Å². The molecule has 0 aromatic heterocycles. The first-order valence-electron chi connectivity index (χ1n) is 36.5. The molecule has 0 spiro atoms. The highest BCUT2D eigenvalue weighted by Crippen LogP contribution is 2.19. The van der Waals surface area contributed by atoms with Crippen molar-refractivity contribution in [2.24, 2.45) is 0 Å². The van der Waals surface area contributed by atoms with Crippen molar-refractivity contribution >= 4 is 17.9 Å². The summed E-state index contributed by atoms with van der Waals surface area (Å²) in [6.07, 6.45) is 87.8. The lowest BCUT2D eigenvalue weighted by atomic mass is 10.0. The van der Waals surface area contributed by atoms with Crippen LogP contribution in [-0.4, -0.2) is 37.2 Å². The van der Waals surface area contributed by atoms with Gasteiger partial charge in [0, 0.05) is 19.3 Å². The van der Waals surface area contributed by atoms with Crippen LogP contribution < -0.4 is 0 Å². The number of hydrogen-bond donors (Lipinski definition) is 0. The van der Waals surface area contributed by atoms with E-state index in [4.69, 9.17) is 14.2 Å². The zero-order chi connectivity index (χ0) is 58.5. The van der Waals surface area contributed by atoms with Crippen LogP contribution in [0.1, 0.15) is 406 Å². The average molecular weight is 1140 g/mol. The van der Waals surface area contributed by atoms with E-state index in [0.29, 0.717) is 19.3 Å². The Bertz CT molecular complexity index is 1350. The lowest BCUT2D eigenvalue weighted by Gasteiger charge is -2.18. The first-order valence-corrected chi connectivity index (χ1v) is 36.5. The molecule has 0 saturated heterocycles. The predicted molar refractivity (Wildman–Crippen MR) is 353 cm³/mol. The Labute approximate surface area is 506 Å². The van der Waals surface area contributed by atoms with Crippen LogP contribution in [-0.2, 0) is 28.6 Å². The Morgan fingerprint density at radius 2 is 0.444 bits per heavy atom. The van der Waals surface area contributed by atoms with E-state index in [2.05, 4.69) is 57.2 Å². The fourth-order valence-electron chi connectivity index (χ4n) is 11.1. The lowest BCUT2D eigenvalue weighted by Crippen LogP contribution is -2.30. The average Bonchev–Trinajstić information content (AvgIpc) is 3.47. The van der Waals surface area contributed by atoms with Crippen LogP contribution in [0.3, 0.4) is 0 Å². The van der Waals surface area contributed by atoms with E-state index >= 15 is 0 Å². The Kier molecular flexibility index (Phi) is 68.1. The van der Waals surface area contributed by atoms with Crippen LogP contribution in [0.2, 0.25) is 0 Å². The summed E-state index contributed by atoms with van der Waals surface area (Å²) in [4.78, 5) is 38.3. The minimum atomic E-state index is -0.771. The van der Waals surface area contributed by atoms with Crippen molar-refractivity contribution in [2.45, 2.75) is 412 Å². The van der Waals surface area contributed by atoms with Crippen LogP contribution in [0.15, 0.2) is 36.5 Å². The standard InChI is InChI=1S/C75H140O6/c1-4-7-10-13-16-19-21-23-25-27-29-31-32-33-34-35-36-37-38-39-40-41-42-44-45-47-49-51-53-56-59-62-65-68-74(77)80-71-72(70-79-73(76)67-64-61-58-55-18-15-12-9-6-3)81-75(78)69-66-63-60-57-54-52-50-48-46-43-30-28-26-24-22-20-17-14-11-8-5-2/h22,24,27-30,72H,4-21,23,25-26,31-71H2,1-3H3/b24-22-,29-27-,30-28-. The van der Waals surface area contributed by atoms with Crippen LogP contribution >= 0.6 is 0 Å². The summed E-state index contributed by atoms with van der Waals surface area (Å²) in [5.41, 5.74) is 0. The SMILES string of the molecule is CCCCCCC/C=C\C/C=C\CCCCCCCCCCCC(=O)OC(COC(=O)CCCCCCCCCCC)COC(=O)CCCCCCCCCCCCCCCCCCCCCCC/C=C\CCCCCCCCCC. The number of hydrogen-bond acceptors (Lipinski definition) is 6.